The summed E-state index contributed by atoms with van der Waals surface area (Å²) in [4.78, 5) is 13.4. The number of hydrogen-bond donors (Lipinski definition) is 0. The highest BCUT2D eigenvalue weighted by Gasteiger charge is 2.31. The molecular weight excluding hydrogens is 487 g/mol. The van der Waals surface area contributed by atoms with Gasteiger partial charge in [-0.15, -0.1) is 18.3 Å². The number of aromatic nitrogens is 6. The van der Waals surface area contributed by atoms with Gasteiger partial charge in [0.2, 0.25) is 0 Å². The zero-order valence-corrected chi connectivity index (χ0v) is 18.8. The molecule has 2 aromatic heterocycles. The Bertz CT molecular complexity index is 1310. The van der Waals surface area contributed by atoms with Gasteiger partial charge in [0.25, 0.3) is 0 Å². The number of nitro groups is 1. The molecule has 1 atom stereocenters. The van der Waals surface area contributed by atoms with Crippen molar-refractivity contribution in [3.63, 3.8) is 0 Å². The second-order valence-electron chi connectivity index (χ2n) is 7.40. The Morgan fingerprint density at radius 1 is 1.11 bits per heavy atom. The van der Waals surface area contributed by atoms with Gasteiger partial charge in [0.05, 0.1) is 19.3 Å². The monoisotopic (exact) mass is 505 g/mol. The van der Waals surface area contributed by atoms with Gasteiger partial charge in [-0.1, -0.05) is 0 Å². The van der Waals surface area contributed by atoms with Crippen LogP contribution in [0, 0.1) is 10.1 Å². The lowest BCUT2D eigenvalue weighted by atomic mass is 10.2. The Balaban J connectivity index is 0.000000211. The minimum absolute atomic E-state index is 0.0632. The highest BCUT2D eigenvalue weighted by atomic mass is 19.4. The van der Waals surface area contributed by atoms with E-state index in [9.17, 15) is 23.3 Å². The van der Waals surface area contributed by atoms with E-state index in [-0.39, 0.29) is 17.7 Å². The van der Waals surface area contributed by atoms with Crippen molar-refractivity contribution in [3.05, 3.63) is 64.8 Å². The summed E-state index contributed by atoms with van der Waals surface area (Å²) < 4.78 is 53.8. The molecule has 0 amide bonds. The normalized spacial score (nSPS) is 14.3. The highest BCUT2D eigenvalue weighted by Crippen LogP contribution is 2.27. The van der Waals surface area contributed by atoms with Gasteiger partial charge in [-0.2, -0.15) is 4.68 Å². The smallest absolute Gasteiger partial charge is 0.497 e. The first kappa shape index (κ1) is 24.4. The van der Waals surface area contributed by atoms with Crippen LogP contribution >= 0.6 is 0 Å². The highest BCUT2D eigenvalue weighted by molar-refractivity contribution is 5.58. The Morgan fingerprint density at radius 2 is 1.78 bits per heavy atom. The Hall–Kier alpha value is -4.69. The first-order valence-corrected chi connectivity index (χ1v) is 10.3. The van der Waals surface area contributed by atoms with Crippen molar-refractivity contribution in [2.24, 2.45) is 0 Å². The lowest BCUT2D eigenvalue weighted by molar-refractivity contribution is -0.389. The Kier molecular flexibility index (Phi) is 6.71. The molecule has 0 aliphatic carbocycles. The van der Waals surface area contributed by atoms with E-state index in [0.717, 1.165) is 0 Å². The second-order valence-corrected chi connectivity index (χ2v) is 7.40. The molecule has 4 aromatic rings. The number of benzene rings is 2. The fraction of sp³-hybridized carbons (Fsp3) is 0.238. The number of ether oxygens (including phenoxy) is 3. The molecule has 5 rings (SSSR count). The minimum atomic E-state index is -4.73. The van der Waals surface area contributed by atoms with Crippen molar-refractivity contribution in [1.29, 1.82) is 0 Å². The molecule has 1 aliphatic rings. The molecule has 0 radical (unpaired) electrons. The topological polar surface area (TPSA) is 132 Å². The number of tetrazole rings is 1. The van der Waals surface area contributed by atoms with Crippen LogP contribution in [0.3, 0.4) is 0 Å². The molecule has 1 unspecified atom stereocenters. The van der Waals surface area contributed by atoms with E-state index in [0.29, 0.717) is 35.4 Å². The Morgan fingerprint density at radius 3 is 2.36 bits per heavy atom. The summed E-state index contributed by atoms with van der Waals surface area (Å²) in [6.07, 6.45) is -3.28. The van der Waals surface area contributed by atoms with Crippen LogP contribution < -0.4 is 14.2 Å². The van der Waals surface area contributed by atoms with Gasteiger partial charge in [-0.05, 0) is 70.8 Å². The summed E-state index contributed by atoms with van der Waals surface area (Å²) in [6.45, 7) is 2.52. The van der Waals surface area contributed by atoms with Crippen molar-refractivity contribution in [1.82, 2.24) is 29.8 Å². The minimum Gasteiger partial charge on any atom is -0.497 e. The number of imidazole rings is 1. The zero-order chi connectivity index (χ0) is 25.9. The number of methoxy groups -OCH3 is 1. The van der Waals surface area contributed by atoms with E-state index in [1.165, 1.54) is 35.1 Å². The largest absolute Gasteiger partial charge is 0.573 e. The maximum absolute atomic E-state index is 12.2. The van der Waals surface area contributed by atoms with Crippen LogP contribution in [0.5, 0.6) is 17.5 Å². The van der Waals surface area contributed by atoms with E-state index in [1.54, 1.807) is 35.9 Å². The number of fused-ring (bicyclic) bond motifs is 1. The molecule has 36 heavy (non-hydrogen) atoms. The van der Waals surface area contributed by atoms with Gasteiger partial charge in [-0.3, -0.25) is 4.57 Å². The van der Waals surface area contributed by atoms with Crippen LogP contribution in [-0.4, -0.2) is 54.3 Å². The average molecular weight is 505 g/mol. The molecule has 0 N–H and O–H groups in total. The van der Waals surface area contributed by atoms with Crippen molar-refractivity contribution >= 4 is 5.82 Å². The standard InChI is InChI=1S/C15H11F3N4O2.C6H7N3O3/c1-23-12-8-4-11(5-9-12)22-14(19-20-21-22)10-2-6-13(7-3-10)24-15(16,17)18;1-4-2-8-3-5(9(10)11)7-6(8)12-4/h2-9H,1H3;3-4H,2H2,1H3. The summed E-state index contributed by atoms with van der Waals surface area (Å²) in [5, 5.41) is 21.7. The predicted octanol–water partition coefficient (Wildman–Crippen LogP) is 3.81. The summed E-state index contributed by atoms with van der Waals surface area (Å²) in [5.41, 5.74) is 1.23. The number of alkyl halides is 3. The van der Waals surface area contributed by atoms with Gasteiger partial charge >= 0.3 is 18.2 Å². The first-order chi connectivity index (χ1) is 17.1. The molecule has 0 saturated heterocycles. The fourth-order valence-corrected chi connectivity index (χ4v) is 3.26. The first-order valence-electron chi connectivity index (χ1n) is 10.3. The molecule has 2 aromatic carbocycles. The molecule has 0 bridgehead atoms. The molecule has 12 nitrogen and oxygen atoms in total. The van der Waals surface area contributed by atoms with Crippen LogP contribution in [0.4, 0.5) is 19.0 Å². The average Bonchev–Trinajstić information content (AvgIpc) is 3.54. The van der Waals surface area contributed by atoms with E-state index in [2.05, 4.69) is 25.2 Å². The van der Waals surface area contributed by atoms with E-state index in [4.69, 9.17) is 9.47 Å². The third-order valence-electron chi connectivity index (χ3n) is 4.81. The van der Waals surface area contributed by atoms with Crippen LogP contribution in [-0.2, 0) is 6.54 Å². The molecule has 0 fully saturated rings. The van der Waals surface area contributed by atoms with E-state index in [1.807, 2.05) is 6.92 Å². The SMILES string of the molecule is CC1Cn2cc([N+](=O)[O-])nc2O1.COc1ccc(-n2nnnc2-c2ccc(OC(F)(F)F)cc2)cc1. The summed E-state index contributed by atoms with van der Waals surface area (Å²) in [5.74, 6) is 0.604. The van der Waals surface area contributed by atoms with E-state index >= 15 is 0 Å². The van der Waals surface area contributed by atoms with Gasteiger partial charge in [0.15, 0.2) is 5.82 Å². The van der Waals surface area contributed by atoms with Gasteiger partial charge in [0, 0.05) is 10.5 Å². The van der Waals surface area contributed by atoms with Gasteiger partial charge < -0.3 is 24.3 Å². The molecule has 3 heterocycles. The number of nitrogens with zero attached hydrogens (tertiary/aromatic N) is 7. The predicted molar refractivity (Wildman–Crippen MR) is 117 cm³/mol. The molecule has 15 heteroatoms. The fourth-order valence-electron chi connectivity index (χ4n) is 3.26. The molecule has 188 valence electrons. The second kappa shape index (κ2) is 9.89. The van der Waals surface area contributed by atoms with Crippen molar-refractivity contribution in [3.8, 4) is 34.6 Å². The quantitative estimate of drug-likeness (QED) is 0.293. The third-order valence-corrected chi connectivity index (χ3v) is 4.81. The van der Waals surface area contributed by atoms with Crippen molar-refractivity contribution in [2.75, 3.05) is 7.11 Å². The molecule has 0 spiro atoms. The van der Waals surface area contributed by atoms with E-state index < -0.39 is 11.3 Å². The third kappa shape index (κ3) is 5.68. The Labute approximate surface area is 201 Å². The van der Waals surface area contributed by atoms with Crippen molar-refractivity contribution in [2.45, 2.75) is 25.9 Å². The number of halogens is 3. The van der Waals surface area contributed by atoms with Crippen LogP contribution in [0.15, 0.2) is 54.7 Å². The van der Waals surface area contributed by atoms with Gasteiger partial charge in [0.1, 0.15) is 23.8 Å². The lowest BCUT2D eigenvalue weighted by Gasteiger charge is -2.09. The molecular formula is C21H18F3N7O5. The van der Waals surface area contributed by atoms with Crippen LogP contribution in [0.25, 0.3) is 17.1 Å². The summed E-state index contributed by atoms with van der Waals surface area (Å²) in [6, 6.07) is 12.7. The summed E-state index contributed by atoms with van der Waals surface area (Å²) >= 11 is 0. The van der Waals surface area contributed by atoms with Crippen molar-refractivity contribution < 1.29 is 32.3 Å². The molecule has 0 saturated carbocycles. The van der Waals surface area contributed by atoms with Crippen LogP contribution in [0.2, 0.25) is 0 Å². The maximum atomic E-state index is 12.2. The van der Waals surface area contributed by atoms with Crippen LogP contribution in [0.1, 0.15) is 6.92 Å². The maximum Gasteiger partial charge on any atom is 0.573 e. The molecule has 1 aliphatic heterocycles. The summed E-state index contributed by atoms with van der Waals surface area (Å²) in [7, 11) is 1.56. The van der Waals surface area contributed by atoms with Gasteiger partial charge in [-0.25, -0.2) is 0 Å². The number of hydrogen-bond acceptors (Lipinski definition) is 9. The number of rotatable bonds is 5. The zero-order valence-electron chi connectivity index (χ0n) is 18.8. The lowest BCUT2D eigenvalue weighted by Crippen LogP contribution is -2.16.